The molecule has 0 spiro atoms. The molecule has 1 N–H and O–H groups in total. The number of piperidine rings is 1. The topological polar surface area (TPSA) is 77.1 Å². The van der Waals surface area contributed by atoms with Gasteiger partial charge in [-0.3, -0.25) is 9.59 Å². The molecule has 1 aliphatic rings. The molecule has 7 heteroatoms. The number of aryl methyl sites for hydroxylation is 1. The van der Waals surface area contributed by atoms with Crippen LogP contribution in [0.2, 0.25) is 0 Å². The molecule has 1 fully saturated rings. The van der Waals surface area contributed by atoms with Gasteiger partial charge in [-0.25, -0.2) is 0 Å². The largest absolute Gasteiger partial charge is 0.497 e. The molecule has 0 unspecified atom stereocenters. The number of likely N-dealkylation sites (tertiary alicyclic amines) is 1. The van der Waals surface area contributed by atoms with Crippen LogP contribution in [0.15, 0.2) is 42.5 Å². The Morgan fingerprint density at radius 2 is 1.62 bits per heavy atom. The number of nitrogens with one attached hydrogen (secondary N) is 1. The smallest absolute Gasteiger partial charge is 0.251 e. The van der Waals surface area contributed by atoms with Crippen LogP contribution in [0.1, 0.15) is 35.2 Å². The SMILES string of the molecule is COc1ccc(CCC(=O)N2CCC(CNC(=O)c3ccc(OC)c(OC)c3)CC2)cc1. The molecule has 0 saturated carbocycles. The quantitative estimate of drug-likeness (QED) is 0.647. The predicted octanol–water partition coefficient (Wildman–Crippen LogP) is 3.31. The number of hydrogen-bond donors (Lipinski definition) is 1. The Balaban J connectivity index is 1.40. The summed E-state index contributed by atoms with van der Waals surface area (Å²) in [6.45, 7) is 2.07. The lowest BCUT2D eigenvalue weighted by Gasteiger charge is -2.32. The number of carbonyl (C=O) groups excluding carboxylic acids is 2. The maximum absolute atomic E-state index is 12.6. The van der Waals surface area contributed by atoms with Crippen LogP contribution >= 0.6 is 0 Å². The molecule has 1 saturated heterocycles. The molecule has 0 aromatic heterocycles. The Hall–Kier alpha value is -3.22. The Kier molecular flexibility index (Phi) is 8.36. The number of carbonyl (C=O) groups is 2. The Morgan fingerprint density at radius 3 is 2.25 bits per heavy atom. The van der Waals surface area contributed by atoms with Crippen LogP contribution in [-0.2, 0) is 11.2 Å². The molecule has 172 valence electrons. The maximum atomic E-state index is 12.6. The summed E-state index contributed by atoms with van der Waals surface area (Å²) in [5, 5.41) is 3.01. The highest BCUT2D eigenvalue weighted by Gasteiger charge is 2.23. The van der Waals surface area contributed by atoms with Crippen LogP contribution in [0, 0.1) is 5.92 Å². The number of benzene rings is 2. The average molecular weight is 441 g/mol. The monoisotopic (exact) mass is 440 g/mol. The molecule has 7 nitrogen and oxygen atoms in total. The van der Waals surface area contributed by atoms with Gasteiger partial charge in [0.15, 0.2) is 11.5 Å². The Labute approximate surface area is 189 Å². The normalized spacial score (nSPS) is 14.0. The molecule has 0 atom stereocenters. The summed E-state index contributed by atoms with van der Waals surface area (Å²) in [5.74, 6) is 2.36. The highest BCUT2D eigenvalue weighted by atomic mass is 16.5. The van der Waals surface area contributed by atoms with Gasteiger partial charge >= 0.3 is 0 Å². The Morgan fingerprint density at radius 1 is 0.938 bits per heavy atom. The third kappa shape index (κ3) is 6.15. The van der Waals surface area contributed by atoms with Gasteiger partial charge in [0.25, 0.3) is 5.91 Å². The summed E-state index contributed by atoms with van der Waals surface area (Å²) in [6.07, 6.45) is 3.01. The second-order valence-corrected chi connectivity index (χ2v) is 7.95. The lowest BCUT2D eigenvalue weighted by Crippen LogP contribution is -2.41. The van der Waals surface area contributed by atoms with Gasteiger partial charge in [-0.1, -0.05) is 12.1 Å². The molecule has 3 rings (SSSR count). The van der Waals surface area contributed by atoms with Gasteiger partial charge in [-0.2, -0.15) is 0 Å². The van der Waals surface area contributed by atoms with Crippen molar-refractivity contribution >= 4 is 11.8 Å². The minimum absolute atomic E-state index is 0.135. The van der Waals surface area contributed by atoms with E-state index >= 15 is 0 Å². The van der Waals surface area contributed by atoms with Gasteiger partial charge in [0.1, 0.15) is 5.75 Å². The van der Waals surface area contributed by atoms with E-state index in [1.54, 1.807) is 39.5 Å². The second-order valence-electron chi connectivity index (χ2n) is 7.95. The van der Waals surface area contributed by atoms with Crippen molar-refractivity contribution in [2.24, 2.45) is 5.92 Å². The fraction of sp³-hybridized carbons (Fsp3) is 0.440. The van der Waals surface area contributed by atoms with Crippen molar-refractivity contribution in [3.63, 3.8) is 0 Å². The van der Waals surface area contributed by atoms with E-state index in [0.717, 1.165) is 43.7 Å². The van der Waals surface area contributed by atoms with Crippen molar-refractivity contribution in [1.29, 1.82) is 0 Å². The predicted molar refractivity (Wildman–Crippen MR) is 122 cm³/mol. The van der Waals surface area contributed by atoms with E-state index < -0.39 is 0 Å². The van der Waals surface area contributed by atoms with E-state index in [1.165, 1.54) is 0 Å². The van der Waals surface area contributed by atoms with Crippen LogP contribution in [0.5, 0.6) is 17.2 Å². The lowest BCUT2D eigenvalue weighted by molar-refractivity contribution is -0.132. The average Bonchev–Trinajstić information content (AvgIpc) is 2.85. The zero-order valence-corrected chi connectivity index (χ0v) is 19.1. The van der Waals surface area contributed by atoms with Crippen molar-refractivity contribution in [2.75, 3.05) is 41.0 Å². The fourth-order valence-electron chi connectivity index (χ4n) is 3.90. The first-order chi connectivity index (χ1) is 15.5. The van der Waals surface area contributed by atoms with Gasteiger partial charge in [-0.15, -0.1) is 0 Å². The van der Waals surface area contributed by atoms with Crippen LogP contribution in [0.3, 0.4) is 0 Å². The number of hydrogen-bond acceptors (Lipinski definition) is 5. The maximum Gasteiger partial charge on any atom is 0.251 e. The molecule has 2 aromatic carbocycles. The second kappa shape index (κ2) is 11.4. The van der Waals surface area contributed by atoms with E-state index in [4.69, 9.17) is 14.2 Å². The number of amides is 2. The molecule has 2 amide bonds. The molecule has 2 aromatic rings. The fourth-order valence-corrected chi connectivity index (χ4v) is 3.90. The van der Waals surface area contributed by atoms with Crippen molar-refractivity contribution < 1.29 is 23.8 Å². The third-order valence-corrected chi connectivity index (χ3v) is 5.95. The minimum Gasteiger partial charge on any atom is -0.497 e. The first-order valence-electron chi connectivity index (χ1n) is 10.9. The van der Waals surface area contributed by atoms with Gasteiger partial charge in [-0.05, 0) is 61.1 Å². The van der Waals surface area contributed by atoms with E-state index in [2.05, 4.69) is 5.32 Å². The van der Waals surface area contributed by atoms with Crippen LogP contribution < -0.4 is 19.5 Å². The number of rotatable bonds is 9. The van der Waals surface area contributed by atoms with E-state index in [0.29, 0.717) is 35.9 Å². The summed E-state index contributed by atoms with van der Waals surface area (Å²) in [4.78, 5) is 27.0. The number of nitrogens with zero attached hydrogens (tertiary/aromatic N) is 1. The molecule has 1 aliphatic heterocycles. The standard InChI is InChI=1S/C25H32N2O5/c1-30-21-8-4-18(5-9-21)6-11-24(28)27-14-12-19(13-15-27)17-26-25(29)20-7-10-22(31-2)23(16-20)32-3/h4-5,7-10,16,19H,6,11-15,17H2,1-3H3,(H,26,29). The summed E-state index contributed by atoms with van der Waals surface area (Å²) in [7, 11) is 4.75. The van der Waals surface area contributed by atoms with E-state index in [1.807, 2.05) is 29.2 Å². The van der Waals surface area contributed by atoms with Crippen molar-refractivity contribution in [3.8, 4) is 17.2 Å². The molecular weight excluding hydrogens is 408 g/mol. The van der Waals surface area contributed by atoms with Gasteiger partial charge in [0.05, 0.1) is 21.3 Å². The number of ether oxygens (including phenoxy) is 3. The summed E-state index contributed by atoms with van der Waals surface area (Å²) >= 11 is 0. The van der Waals surface area contributed by atoms with Crippen LogP contribution in [-0.4, -0.2) is 57.7 Å². The van der Waals surface area contributed by atoms with E-state index in [9.17, 15) is 9.59 Å². The zero-order valence-electron chi connectivity index (χ0n) is 19.1. The highest BCUT2D eigenvalue weighted by Crippen LogP contribution is 2.27. The summed E-state index contributed by atoms with van der Waals surface area (Å²) in [6, 6.07) is 13.0. The molecule has 1 heterocycles. The zero-order chi connectivity index (χ0) is 22.9. The van der Waals surface area contributed by atoms with Gasteiger partial charge < -0.3 is 24.4 Å². The van der Waals surface area contributed by atoms with Gasteiger partial charge in [0, 0.05) is 31.6 Å². The van der Waals surface area contributed by atoms with Crippen LogP contribution in [0.4, 0.5) is 0 Å². The molecule has 0 bridgehead atoms. The van der Waals surface area contributed by atoms with Crippen LogP contribution in [0.25, 0.3) is 0 Å². The highest BCUT2D eigenvalue weighted by molar-refractivity contribution is 5.94. The molecule has 0 aliphatic carbocycles. The third-order valence-electron chi connectivity index (χ3n) is 5.95. The lowest BCUT2D eigenvalue weighted by atomic mass is 9.96. The van der Waals surface area contributed by atoms with E-state index in [-0.39, 0.29) is 11.8 Å². The minimum atomic E-state index is -0.135. The molecule has 32 heavy (non-hydrogen) atoms. The van der Waals surface area contributed by atoms with Crippen molar-refractivity contribution in [2.45, 2.75) is 25.7 Å². The first kappa shape index (κ1) is 23.4. The summed E-state index contributed by atoms with van der Waals surface area (Å²) in [5.41, 5.74) is 1.67. The number of methoxy groups -OCH3 is 3. The molecule has 0 radical (unpaired) electrons. The summed E-state index contributed by atoms with van der Waals surface area (Å²) < 4.78 is 15.6. The van der Waals surface area contributed by atoms with Gasteiger partial charge in [0.2, 0.25) is 5.91 Å². The first-order valence-corrected chi connectivity index (χ1v) is 10.9. The Bertz CT molecular complexity index is 905. The van der Waals surface area contributed by atoms with Crippen molar-refractivity contribution in [3.05, 3.63) is 53.6 Å². The molecular formula is C25H32N2O5. The van der Waals surface area contributed by atoms with Crippen molar-refractivity contribution in [1.82, 2.24) is 10.2 Å².